The summed E-state index contributed by atoms with van der Waals surface area (Å²) in [5, 5.41) is 18.7. The Labute approximate surface area is 173 Å². The molecule has 2 rings (SSSR count). The molecule has 0 spiro atoms. The van der Waals surface area contributed by atoms with E-state index in [1.165, 1.54) is 0 Å². The predicted molar refractivity (Wildman–Crippen MR) is 108 cm³/mol. The standard InChI is InChI=1S/C21H25BrO6/c1-26-18-9-4-16(5-10-18)14-27-28-20(19(12-13-23)21(24)25)11-6-15-2-7-17(22)8-3-15/h2-5,7-10,19-20,23H,6,11-14H2,1H3,(H,24,25). The minimum atomic E-state index is -1.01. The number of hydrogen-bond acceptors (Lipinski definition) is 5. The Morgan fingerprint density at radius 1 is 1.04 bits per heavy atom. The fraction of sp³-hybridized carbons (Fsp3) is 0.381. The number of aliphatic carboxylic acids is 1. The Balaban J connectivity index is 1.97. The van der Waals surface area contributed by atoms with Crippen molar-refractivity contribution in [3.63, 3.8) is 0 Å². The van der Waals surface area contributed by atoms with Crippen LogP contribution in [0.5, 0.6) is 5.75 Å². The molecule has 152 valence electrons. The van der Waals surface area contributed by atoms with Crippen LogP contribution >= 0.6 is 15.9 Å². The number of halogens is 1. The number of benzene rings is 2. The highest BCUT2D eigenvalue weighted by atomic mass is 79.9. The molecule has 2 aromatic carbocycles. The highest BCUT2D eigenvalue weighted by molar-refractivity contribution is 9.10. The van der Waals surface area contributed by atoms with E-state index in [1.807, 2.05) is 48.5 Å². The van der Waals surface area contributed by atoms with Crippen LogP contribution < -0.4 is 4.74 Å². The maximum absolute atomic E-state index is 11.6. The van der Waals surface area contributed by atoms with Gasteiger partial charge in [0.1, 0.15) is 18.5 Å². The Bertz CT molecular complexity index is 717. The van der Waals surface area contributed by atoms with Crippen LogP contribution in [-0.2, 0) is 27.6 Å². The number of hydrogen-bond donors (Lipinski definition) is 2. The van der Waals surface area contributed by atoms with Crippen molar-refractivity contribution in [2.45, 2.75) is 32.0 Å². The van der Waals surface area contributed by atoms with Crippen LogP contribution in [0.25, 0.3) is 0 Å². The smallest absolute Gasteiger partial charge is 0.309 e. The van der Waals surface area contributed by atoms with Crippen molar-refractivity contribution in [1.82, 2.24) is 0 Å². The molecule has 2 N–H and O–H groups in total. The highest BCUT2D eigenvalue weighted by Crippen LogP contribution is 2.21. The number of carbonyl (C=O) groups is 1. The zero-order chi connectivity index (χ0) is 20.4. The Morgan fingerprint density at radius 3 is 2.25 bits per heavy atom. The number of carboxylic acids is 1. The van der Waals surface area contributed by atoms with Crippen LogP contribution in [0.2, 0.25) is 0 Å². The molecule has 0 fully saturated rings. The number of aryl methyl sites for hydroxylation is 1. The van der Waals surface area contributed by atoms with Crippen molar-refractivity contribution in [3.05, 3.63) is 64.1 Å². The molecular weight excluding hydrogens is 428 g/mol. The Kier molecular flexibility index (Phi) is 9.43. The van der Waals surface area contributed by atoms with E-state index < -0.39 is 18.0 Å². The lowest BCUT2D eigenvalue weighted by atomic mass is 9.94. The van der Waals surface area contributed by atoms with Crippen LogP contribution in [0, 0.1) is 5.92 Å². The van der Waals surface area contributed by atoms with E-state index in [1.54, 1.807) is 7.11 Å². The topological polar surface area (TPSA) is 85.2 Å². The summed E-state index contributed by atoms with van der Waals surface area (Å²) in [6.45, 7) is -0.0438. The van der Waals surface area contributed by atoms with Gasteiger partial charge in [-0.15, -0.1) is 0 Å². The maximum atomic E-state index is 11.6. The SMILES string of the molecule is COc1ccc(COOC(CCc2ccc(Br)cc2)C(CCO)C(=O)O)cc1. The molecule has 2 unspecified atom stereocenters. The Hall–Kier alpha value is -1.93. The summed E-state index contributed by atoms with van der Waals surface area (Å²) in [5.41, 5.74) is 1.95. The summed E-state index contributed by atoms with van der Waals surface area (Å²) in [6, 6.07) is 15.2. The van der Waals surface area contributed by atoms with Gasteiger partial charge < -0.3 is 14.9 Å². The van der Waals surface area contributed by atoms with Crippen molar-refractivity contribution in [2.24, 2.45) is 5.92 Å². The molecule has 7 heteroatoms. The lowest BCUT2D eigenvalue weighted by molar-refractivity contribution is -0.342. The third-order valence-electron chi connectivity index (χ3n) is 4.41. The second kappa shape index (κ2) is 11.8. The molecule has 2 atom stereocenters. The van der Waals surface area contributed by atoms with Gasteiger partial charge in [-0.3, -0.25) is 4.79 Å². The predicted octanol–water partition coefficient (Wildman–Crippen LogP) is 3.99. The maximum Gasteiger partial charge on any atom is 0.309 e. The third kappa shape index (κ3) is 7.24. The molecule has 0 saturated carbocycles. The van der Waals surface area contributed by atoms with E-state index in [0.717, 1.165) is 21.3 Å². The number of aliphatic hydroxyl groups is 1. The van der Waals surface area contributed by atoms with E-state index in [4.69, 9.17) is 14.5 Å². The number of rotatable bonds is 12. The number of methoxy groups -OCH3 is 1. The zero-order valence-corrected chi connectivity index (χ0v) is 17.3. The van der Waals surface area contributed by atoms with Gasteiger partial charge in [-0.05, 0) is 54.7 Å². The molecule has 6 nitrogen and oxygen atoms in total. The number of aliphatic hydroxyl groups excluding tert-OH is 1. The lowest BCUT2D eigenvalue weighted by Gasteiger charge is -2.23. The average molecular weight is 453 g/mol. The summed E-state index contributed by atoms with van der Waals surface area (Å²) >= 11 is 3.40. The van der Waals surface area contributed by atoms with Crippen molar-refractivity contribution >= 4 is 21.9 Å². The molecule has 0 aliphatic carbocycles. The molecule has 0 bridgehead atoms. The van der Waals surface area contributed by atoms with Gasteiger partial charge in [0.25, 0.3) is 0 Å². The van der Waals surface area contributed by atoms with E-state index in [9.17, 15) is 15.0 Å². The molecule has 2 aromatic rings. The van der Waals surface area contributed by atoms with Gasteiger partial charge in [0.2, 0.25) is 0 Å². The molecule has 0 heterocycles. The van der Waals surface area contributed by atoms with Gasteiger partial charge in [0, 0.05) is 11.1 Å². The second-order valence-electron chi connectivity index (χ2n) is 6.37. The lowest BCUT2D eigenvalue weighted by Crippen LogP contribution is -2.32. The van der Waals surface area contributed by atoms with Gasteiger partial charge in [-0.25, -0.2) is 9.78 Å². The van der Waals surface area contributed by atoms with Gasteiger partial charge in [-0.2, -0.15) is 0 Å². The van der Waals surface area contributed by atoms with E-state index in [2.05, 4.69) is 15.9 Å². The molecule has 0 saturated heterocycles. The average Bonchev–Trinajstić information content (AvgIpc) is 2.70. The quantitative estimate of drug-likeness (QED) is 0.374. The summed E-state index contributed by atoms with van der Waals surface area (Å²) in [7, 11) is 1.60. The molecule has 0 aromatic heterocycles. The van der Waals surface area contributed by atoms with Crippen LogP contribution in [0.15, 0.2) is 53.0 Å². The van der Waals surface area contributed by atoms with Crippen molar-refractivity contribution in [2.75, 3.05) is 13.7 Å². The summed E-state index contributed by atoms with van der Waals surface area (Å²) in [5.74, 6) is -1.12. The van der Waals surface area contributed by atoms with E-state index >= 15 is 0 Å². The third-order valence-corrected chi connectivity index (χ3v) is 4.94. The van der Waals surface area contributed by atoms with Crippen LogP contribution in [-0.4, -0.2) is 36.0 Å². The Morgan fingerprint density at radius 2 is 1.68 bits per heavy atom. The van der Waals surface area contributed by atoms with Crippen molar-refractivity contribution in [1.29, 1.82) is 0 Å². The molecule has 0 aliphatic heterocycles. The normalized spacial score (nSPS) is 13.1. The highest BCUT2D eigenvalue weighted by Gasteiger charge is 2.29. The van der Waals surface area contributed by atoms with Gasteiger partial charge >= 0.3 is 5.97 Å². The first-order valence-electron chi connectivity index (χ1n) is 9.02. The zero-order valence-electron chi connectivity index (χ0n) is 15.7. The van der Waals surface area contributed by atoms with Crippen LogP contribution in [0.3, 0.4) is 0 Å². The van der Waals surface area contributed by atoms with E-state index in [-0.39, 0.29) is 19.6 Å². The molecule has 0 radical (unpaired) electrons. The van der Waals surface area contributed by atoms with Gasteiger partial charge in [0.15, 0.2) is 0 Å². The first kappa shape index (κ1) is 22.4. The number of ether oxygens (including phenoxy) is 1. The number of carboxylic acid groups (broad SMARTS) is 1. The fourth-order valence-corrected chi connectivity index (χ4v) is 3.06. The van der Waals surface area contributed by atoms with Crippen LogP contribution in [0.4, 0.5) is 0 Å². The molecule has 0 amide bonds. The molecular formula is C21H25BrO6. The molecule has 28 heavy (non-hydrogen) atoms. The summed E-state index contributed by atoms with van der Waals surface area (Å²) in [6.07, 6.45) is 0.526. The van der Waals surface area contributed by atoms with Gasteiger partial charge in [-0.1, -0.05) is 40.2 Å². The van der Waals surface area contributed by atoms with Crippen molar-refractivity contribution < 1.29 is 29.5 Å². The first-order chi connectivity index (χ1) is 13.5. The minimum absolute atomic E-state index is 0.103. The second-order valence-corrected chi connectivity index (χ2v) is 7.28. The van der Waals surface area contributed by atoms with Gasteiger partial charge in [0.05, 0.1) is 13.0 Å². The van der Waals surface area contributed by atoms with Crippen LogP contribution in [0.1, 0.15) is 24.0 Å². The first-order valence-corrected chi connectivity index (χ1v) is 9.82. The van der Waals surface area contributed by atoms with Crippen molar-refractivity contribution in [3.8, 4) is 5.75 Å². The van der Waals surface area contributed by atoms with E-state index in [0.29, 0.717) is 12.8 Å². The summed E-state index contributed by atoms with van der Waals surface area (Å²) < 4.78 is 6.10. The monoisotopic (exact) mass is 452 g/mol. The summed E-state index contributed by atoms with van der Waals surface area (Å²) in [4.78, 5) is 22.5. The minimum Gasteiger partial charge on any atom is -0.497 e. The largest absolute Gasteiger partial charge is 0.497 e. The fourth-order valence-electron chi connectivity index (χ4n) is 2.80. The molecule has 0 aliphatic rings.